The Morgan fingerprint density at radius 3 is 0.951 bits per heavy atom. The van der Waals surface area contributed by atoms with Crippen LogP contribution in [0.2, 0.25) is 0 Å². The fourth-order valence-electron chi connectivity index (χ4n) is 9.88. The summed E-state index contributed by atoms with van der Waals surface area (Å²) in [5, 5.41) is 0. The second-order valence-electron chi connectivity index (χ2n) is 19.0. The van der Waals surface area contributed by atoms with Gasteiger partial charge in [0.1, 0.15) is 0 Å². The number of hydrogen-bond acceptors (Lipinski definition) is 2. The van der Waals surface area contributed by atoms with Gasteiger partial charge in [-0.3, -0.25) is 0 Å². The number of anilines is 2. The predicted molar refractivity (Wildman–Crippen MR) is 271 cm³/mol. The summed E-state index contributed by atoms with van der Waals surface area (Å²) in [6.07, 6.45) is 38.9. The third-order valence-electron chi connectivity index (χ3n) is 13.7. The third kappa shape index (κ3) is 19.6. The summed E-state index contributed by atoms with van der Waals surface area (Å²) in [4.78, 5) is 0. The zero-order valence-corrected chi connectivity index (χ0v) is 39.9. The van der Waals surface area contributed by atoms with Crippen LogP contribution in [-0.2, 0) is 12.8 Å². The van der Waals surface area contributed by atoms with E-state index in [1.807, 2.05) is 0 Å². The largest absolute Gasteiger partial charge is 0.399 e. The van der Waals surface area contributed by atoms with E-state index in [1.54, 1.807) is 0 Å². The second kappa shape index (κ2) is 30.5. The van der Waals surface area contributed by atoms with E-state index in [1.165, 1.54) is 231 Å². The molecule has 336 valence electrons. The van der Waals surface area contributed by atoms with Crippen LogP contribution in [0.25, 0.3) is 0 Å². The van der Waals surface area contributed by atoms with Crippen LogP contribution in [0.3, 0.4) is 0 Å². The maximum Gasteiger partial charge on any atom is 0.0316 e. The summed E-state index contributed by atoms with van der Waals surface area (Å²) in [5.41, 5.74) is 25.5. The van der Waals surface area contributed by atoms with Gasteiger partial charge in [-0.1, -0.05) is 222 Å². The van der Waals surface area contributed by atoms with Gasteiger partial charge in [0.15, 0.2) is 0 Å². The van der Waals surface area contributed by atoms with Crippen LogP contribution in [0, 0.1) is 13.8 Å². The normalized spacial score (nSPS) is 12.5. The van der Waals surface area contributed by atoms with Gasteiger partial charge in [0, 0.05) is 23.2 Å². The Kier molecular flexibility index (Phi) is 25.1. The number of rotatable bonds is 34. The first-order valence-electron chi connectivity index (χ1n) is 25.8. The summed E-state index contributed by atoms with van der Waals surface area (Å²) in [6, 6.07) is 32.4. The molecule has 4 rings (SSSR count). The molecule has 4 aromatic carbocycles. The van der Waals surface area contributed by atoms with Gasteiger partial charge in [-0.2, -0.15) is 0 Å². The van der Waals surface area contributed by atoms with Crippen molar-refractivity contribution in [2.75, 3.05) is 11.5 Å². The highest BCUT2D eigenvalue weighted by Crippen LogP contribution is 2.35. The van der Waals surface area contributed by atoms with Gasteiger partial charge in [0.25, 0.3) is 0 Å². The maximum atomic E-state index is 6.14. The highest BCUT2D eigenvalue weighted by atomic mass is 14.5. The summed E-state index contributed by atoms with van der Waals surface area (Å²) in [5.74, 6) is 0.922. The van der Waals surface area contributed by atoms with Crippen molar-refractivity contribution in [3.05, 3.63) is 129 Å². The SMILES string of the molecule is CCCCCCCCCC(c1ccc(CCCCCCCCCCCCCc2ccc(C(CCCCCCCCC)c3ccc(N)cc3C)cc2)cc1)c1ccc(N)cc1C. The quantitative estimate of drug-likeness (QED) is 0.0364. The molecule has 61 heavy (non-hydrogen) atoms. The molecule has 2 nitrogen and oxygen atoms in total. The number of unbranched alkanes of at least 4 members (excludes halogenated alkanes) is 22. The third-order valence-corrected chi connectivity index (χ3v) is 13.7. The molecular formula is C59H90N2. The molecule has 0 radical (unpaired) electrons. The maximum absolute atomic E-state index is 6.14. The zero-order valence-electron chi connectivity index (χ0n) is 39.9. The first-order valence-corrected chi connectivity index (χ1v) is 25.8. The minimum Gasteiger partial charge on any atom is -0.399 e. The molecule has 0 bridgehead atoms. The molecule has 0 heterocycles. The first kappa shape index (κ1) is 50.1. The lowest BCUT2D eigenvalue weighted by molar-refractivity contribution is 0.545. The van der Waals surface area contributed by atoms with Gasteiger partial charge in [-0.05, 0) is 121 Å². The molecule has 0 saturated carbocycles. The molecule has 4 N–H and O–H groups in total. The minimum atomic E-state index is 0.461. The van der Waals surface area contributed by atoms with Crippen molar-refractivity contribution in [2.24, 2.45) is 0 Å². The molecule has 0 aromatic heterocycles. The highest BCUT2D eigenvalue weighted by molar-refractivity contribution is 5.49. The highest BCUT2D eigenvalue weighted by Gasteiger charge is 2.18. The van der Waals surface area contributed by atoms with Crippen LogP contribution < -0.4 is 11.5 Å². The average Bonchev–Trinajstić information content (AvgIpc) is 3.26. The molecule has 2 atom stereocenters. The number of nitrogens with two attached hydrogens (primary N) is 2. The fraction of sp³-hybridized carbons (Fsp3) is 0.593. The van der Waals surface area contributed by atoms with Crippen molar-refractivity contribution >= 4 is 11.4 Å². The molecule has 4 aromatic rings. The Morgan fingerprint density at radius 1 is 0.344 bits per heavy atom. The van der Waals surface area contributed by atoms with Crippen molar-refractivity contribution in [3.8, 4) is 0 Å². The van der Waals surface area contributed by atoms with E-state index in [0.717, 1.165) is 11.4 Å². The van der Waals surface area contributed by atoms with Gasteiger partial charge in [-0.25, -0.2) is 0 Å². The standard InChI is InChI=1S/C59H90N2/c1-5-7-9-11-18-24-28-32-58(56-44-42-54(60)46-48(56)3)52-38-34-50(35-39-52)30-26-22-20-16-14-13-15-17-21-23-27-31-51-36-40-53(41-37-51)59(33-29-25-19-12-10-8-6-2)57-45-43-55(61)47-49(57)4/h34-47,58-59H,5-33,60-61H2,1-4H3. The smallest absolute Gasteiger partial charge is 0.0316 e. The lowest BCUT2D eigenvalue weighted by Crippen LogP contribution is -2.05. The molecule has 0 spiro atoms. The summed E-state index contributed by atoms with van der Waals surface area (Å²) >= 11 is 0. The Morgan fingerprint density at radius 2 is 0.639 bits per heavy atom. The minimum absolute atomic E-state index is 0.461. The van der Waals surface area contributed by atoms with Gasteiger partial charge in [0.2, 0.25) is 0 Å². The van der Waals surface area contributed by atoms with Crippen LogP contribution >= 0.6 is 0 Å². The number of benzene rings is 4. The predicted octanol–water partition coefficient (Wildman–Crippen LogP) is 18.1. The van der Waals surface area contributed by atoms with Crippen LogP contribution in [-0.4, -0.2) is 0 Å². The molecular weight excluding hydrogens is 737 g/mol. The number of hydrogen-bond donors (Lipinski definition) is 2. The lowest BCUT2D eigenvalue weighted by atomic mass is 9.84. The van der Waals surface area contributed by atoms with Crippen LogP contribution in [0.5, 0.6) is 0 Å². The van der Waals surface area contributed by atoms with Gasteiger partial charge >= 0.3 is 0 Å². The van der Waals surface area contributed by atoms with Gasteiger partial charge in [-0.15, -0.1) is 0 Å². The van der Waals surface area contributed by atoms with E-state index in [4.69, 9.17) is 11.5 Å². The van der Waals surface area contributed by atoms with Crippen LogP contribution in [0.4, 0.5) is 11.4 Å². The Hall–Kier alpha value is -3.52. The summed E-state index contributed by atoms with van der Waals surface area (Å²) in [7, 11) is 0. The molecule has 0 aliphatic heterocycles. The Balaban J connectivity index is 1.06. The lowest BCUT2D eigenvalue weighted by Gasteiger charge is -2.21. The fourth-order valence-corrected chi connectivity index (χ4v) is 9.88. The van der Waals surface area contributed by atoms with Crippen molar-refractivity contribution in [1.29, 1.82) is 0 Å². The topological polar surface area (TPSA) is 52.0 Å². The molecule has 0 fully saturated rings. The molecule has 0 amide bonds. The summed E-state index contributed by atoms with van der Waals surface area (Å²) in [6.45, 7) is 9.06. The van der Waals surface area contributed by atoms with Crippen molar-refractivity contribution in [3.63, 3.8) is 0 Å². The molecule has 0 aliphatic carbocycles. The van der Waals surface area contributed by atoms with E-state index in [2.05, 4.69) is 113 Å². The van der Waals surface area contributed by atoms with Crippen molar-refractivity contribution in [2.45, 2.75) is 226 Å². The van der Waals surface area contributed by atoms with E-state index >= 15 is 0 Å². The van der Waals surface area contributed by atoms with Crippen molar-refractivity contribution < 1.29 is 0 Å². The number of aryl methyl sites for hydroxylation is 4. The molecule has 2 unspecified atom stereocenters. The number of nitrogen functional groups attached to an aromatic ring is 2. The molecule has 0 aliphatic rings. The van der Waals surface area contributed by atoms with Gasteiger partial charge in [0.05, 0.1) is 0 Å². The Labute approximate surface area is 376 Å². The van der Waals surface area contributed by atoms with E-state index in [-0.39, 0.29) is 0 Å². The summed E-state index contributed by atoms with van der Waals surface area (Å²) < 4.78 is 0. The van der Waals surface area contributed by atoms with Crippen LogP contribution in [0.1, 0.15) is 244 Å². The molecule has 2 heteroatoms. The van der Waals surface area contributed by atoms with E-state index in [0.29, 0.717) is 11.8 Å². The van der Waals surface area contributed by atoms with Crippen molar-refractivity contribution in [1.82, 2.24) is 0 Å². The average molecular weight is 827 g/mol. The van der Waals surface area contributed by atoms with Crippen LogP contribution in [0.15, 0.2) is 84.9 Å². The second-order valence-corrected chi connectivity index (χ2v) is 19.0. The molecule has 0 saturated heterocycles. The zero-order chi connectivity index (χ0) is 43.3. The van der Waals surface area contributed by atoms with E-state index in [9.17, 15) is 0 Å². The van der Waals surface area contributed by atoms with Gasteiger partial charge < -0.3 is 11.5 Å². The Bertz CT molecular complexity index is 1580. The monoisotopic (exact) mass is 827 g/mol. The first-order chi connectivity index (χ1) is 29.9. The van der Waals surface area contributed by atoms with E-state index < -0.39 is 0 Å².